The summed E-state index contributed by atoms with van der Waals surface area (Å²) in [6.07, 6.45) is 1.14. The van der Waals surface area contributed by atoms with E-state index >= 15 is 0 Å². The number of carbonyl (C=O) groups excluding carboxylic acids is 1. The molecule has 2 unspecified atom stereocenters. The van der Waals surface area contributed by atoms with Crippen molar-refractivity contribution in [2.24, 2.45) is 0 Å². The van der Waals surface area contributed by atoms with Gasteiger partial charge in [-0.25, -0.2) is 0 Å². The van der Waals surface area contributed by atoms with Crippen molar-refractivity contribution in [2.75, 3.05) is 16.9 Å². The Balaban J connectivity index is 1.96. The molecule has 0 spiro atoms. The van der Waals surface area contributed by atoms with Gasteiger partial charge in [0.2, 0.25) is 5.91 Å². The molecule has 19 heavy (non-hydrogen) atoms. The van der Waals surface area contributed by atoms with Gasteiger partial charge in [0.05, 0.1) is 12.1 Å². The number of hydrogen-bond donors (Lipinski definition) is 2. The maximum Gasteiger partial charge on any atom is 0.242 e. The summed E-state index contributed by atoms with van der Waals surface area (Å²) in [5.74, 6) is 2.48. The van der Waals surface area contributed by atoms with Crippen molar-refractivity contribution in [2.45, 2.75) is 32.4 Å². The molecular formula is C14H20N2O2S. The Morgan fingerprint density at radius 2 is 2.47 bits per heavy atom. The van der Waals surface area contributed by atoms with Crippen molar-refractivity contribution < 1.29 is 9.53 Å². The molecule has 5 heteroatoms. The van der Waals surface area contributed by atoms with Crippen LogP contribution >= 0.6 is 11.8 Å². The summed E-state index contributed by atoms with van der Waals surface area (Å²) < 4.78 is 5.74. The lowest BCUT2D eigenvalue weighted by Gasteiger charge is -2.14. The lowest BCUT2D eigenvalue weighted by atomic mass is 10.2. The third-order valence-corrected chi connectivity index (χ3v) is 3.99. The minimum absolute atomic E-state index is 0.0192. The van der Waals surface area contributed by atoms with E-state index < -0.39 is 0 Å². The van der Waals surface area contributed by atoms with E-state index in [-0.39, 0.29) is 18.1 Å². The Morgan fingerprint density at radius 3 is 3.16 bits per heavy atom. The fourth-order valence-corrected chi connectivity index (χ4v) is 2.70. The van der Waals surface area contributed by atoms with Crippen molar-refractivity contribution in [1.29, 1.82) is 0 Å². The number of anilines is 1. The largest absolute Gasteiger partial charge is 0.491 e. The molecule has 1 amide bonds. The second kappa shape index (κ2) is 6.82. The topological polar surface area (TPSA) is 50.4 Å². The second-order valence-corrected chi connectivity index (χ2v) is 5.66. The van der Waals surface area contributed by atoms with Crippen LogP contribution in [-0.2, 0) is 4.79 Å². The van der Waals surface area contributed by atoms with Crippen molar-refractivity contribution in [3.8, 4) is 5.75 Å². The van der Waals surface area contributed by atoms with Crippen molar-refractivity contribution in [1.82, 2.24) is 5.32 Å². The first-order valence-electron chi connectivity index (χ1n) is 6.57. The molecule has 0 bridgehead atoms. The summed E-state index contributed by atoms with van der Waals surface area (Å²) in [7, 11) is 0. The highest BCUT2D eigenvalue weighted by Crippen LogP contribution is 2.20. The van der Waals surface area contributed by atoms with Crippen LogP contribution in [0.3, 0.4) is 0 Å². The average Bonchev–Trinajstić information content (AvgIpc) is 2.93. The van der Waals surface area contributed by atoms with Crippen LogP contribution in [0.15, 0.2) is 24.3 Å². The van der Waals surface area contributed by atoms with E-state index in [4.69, 9.17) is 4.74 Å². The SMILES string of the molecule is CCC(C)Oc1cccc(NC(=O)C2CSCN2)c1. The standard InChI is InChI=1S/C14H20N2O2S/c1-3-10(2)18-12-6-4-5-11(7-12)16-14(17)13-8-19-9-15-13/h4-7,10,13,15H,3,8-9H2,1-2H3,(H,16,17). The summed E-state index contributed by atoms with van der Waals surface area (Å²) in [5.41, 5.74) is 0.782. The third-order valence-electron chi connectivity index (χ3n) is 3.05. The summed E-state index contributed by atoms with van der Waals surface area (Å²) in [6, 6.07) is 7.45. The molecule has 1 aliphatic rings. The minimum atomic E-state index is -0.0934. The van der Waals surface area contributed by atoms with Gasteiger partial charge >= 0.3 is 0 Å². The number of carbonyl (C=O) groups is 1. The molecule has 1 aromatic rings. The fraction of sp³-hybridized carbons (Fsp3) is 0.500. The molecule has 1 fully saturated rings. The molecule has 104 valence electrons. The van der Waals surface area contributed by atoms with E-state index in [1.807, 2.05) is 31.2 Å². The van der Waals surface area contributed by atoms with E-state index in [0.29, 0.717) is 0 Å². The third kappa shape index (κ3) is 4.14. The zero-order valence-electron chi connectivity index (χ0n) is 11.3. The molecule has 2 atom stereocenters. The molecule has 0 aliphatic carbocycles. The number of nitrogens with one attached hydrogen (secondary N) is 2. The molecule has 0 saturated carbocycles. The van der Waals surface area contributed by atoms with Crippen LogP contribution in [0.2, 0.25) is 0 Å². The molecular weight excluding hydrogens is 260 g/mol. The van der Waals surface area contributed by atoms with Gasteiger partial charge in [0.1, 0.15) is 5.75 Å². The van der Waals surface area contributed by atoms with E-state index in [0.717, 1.165) is 29.5 Å². The van der Waals surface area contributed by atoms with Gasteiger partial charge in [-0.05, 0) is 25.5 Å². The van der Waals surface area contributed by atoms with Gasteiger partial charge in [-0.3, -0.25) is 10.1 Å². The molecule has 1 saturated heterocycles. The van der Waals surface area contributed by atoms with Crippen LogP contribution in [0.4, 0.5) is 5.69 Å². The molecule has 1 heterocycles. The predicted octanol–water partition coefficient (Wildman–Crippen LogP) is 2.46. The van der Waals surface area contributed by atoms with Crippen LogP contribution in [0.25, 0.3) is 0 Å². The van der Waals surface area contributed by atoms with Gasteiger partial charge in [-0.15, -0.1) is 11.8 Å². The minimum Gasteiger partial charge on any atom is -0.491 e. The maximum atomic E-state index is 12.0. The number of benzene rings is 1. The van der Waals surface area contributed by atoms with Gasteiger partial charge in [-0.1, -0.05) is 13.0 Å². The first-order chi connectivity index (χ1) is 9.19. The molecule has 2 rings (SSSR count). The molecule has 4 nitrogen and oxygen atoms in total. The van der Waals surface area contributed by atoms with Crippen LogP contribution in [-0.4, -0.2) is 29.7 Å². The van der Waals surface area contributed by atoms with Crippen LogP contribution < -0.4 is 15.4 Å². The molecule has 1 aromatic carbocycles. The average molecular weight is 280 g/mol. The van der Waals surface area contributed by atoms with E-state index in [2.05, 4.69) is 17.6 Å². The lowest BCUT2D eigenvalue weighted by molar-refractivity contribution is -0.117. The molecule has 2 N–H and O–H groups in total. The lowest BCUT2D eigenvalue weighted by Crippen LogP contribution is -2.37. The highest BCUT2D eigenvalue weighted by molar-refractivity contribution is 7.99. The zero-order valence-corrected chi connectivity index (χ0v) is 12.1. The summed E-state index contributed by atoms with van der Waals surface area (Å²) >= 11 is 1.74. The van der Waals surface area contributed by atoms with Gasteiger partial charge in [0.15, 0.2) is 0 Å². The smallest absolute Gasteiger partial charge is 0.242 e. The zero-order chi connectivity index (χ0) is 13.7. The molecule has 1 aliphatic heterocycles. The number of amides is 1. The Morgan fingerprint density at radius 1 is 1.63 bits per heavy atom. The van der Waals surface area contributed by atoms with Crippen molar-refractivity contribution in [3.05, 3.63) is 24.3 Å². The number of thioether (sulfide) groups is 1. The Kier molecular flexibility index (Phi) is 5.10. The van der Waals surface area contributed by atoms with E-state index in [1.54, 1.807) is 11.8 Å². The maximum absolute atomic E-state index is 12.0. The highest BCUT2D eigenvalue weighted by atomic mass is 32.2. The number of ether oxygens (including phenoxy) is 1. The normalized spacial score (nSPS) is 20.0. The number of rotatable bonds is 5. The fourth-order valence-electron chi connectivity index (χ4n) is 1.76. The first-order valence-corrected chi connectivity index (χ1v) is 7.73. The van der Waals surface area contributed by atoms with Crippen molar-refractivity contribution in [3.63, 3.8) is 0 Å². The van der Waals surface area contributed by atoms with Crippen molar-refractivity contribution >= 4 is 23.4 Å². The van der Waals surface area contributed by atoms with Crippen LogP contribution in [0.5, 0.6) is 5.75 Å². The first kappa shape index (κ1) is 14.2. The monoisotopic (exact) mass is 280 g/mol. The van der Waals surface area contributed by atoms with Gasteiger partial charge < -0.3 is 10.1 Å². The van der Waals surface area contributed by atoms with Crippen LogP contribution in [0, 0.1) is 0 Å². The van der Waals surface area contributed by atoms with Gasteiger partial charge in [0, 0.05) is 23.4 Å². The Bertz CT molecular complexity index is 433. The van der Waals surface area contributed by atoms with Gasteiger partial charge in [-0.2, -0.15) is 0 Å². The predicted molar refractivity (Wildman–Crippen MR) is 79.7 cm³/mol. The summed E-state index contributed by atoms with van der Waals surface area (Å²) in [4.78, 5) is 12.0. The molecule has 0 radical (unpaired) electrons. The quantitative estimate of drug-likeness (QED) is 0.870. The Labute approximate surface area is 118 Å². The van der Waals surface area contributed by atoms with Crippen LogP contribution in [0.1, 0.15) is 20.3 Å². The highest BCUT2D eigenvalue weighted by Gasteiger charge is 2.22. The van der Waals surface area contributed by atoms with E-state index in [9.17, 15) is 4.79 Å². The summed E-state index contributed by atoms with van der Waals surface area (Å²) in [5, 5.41) is 6.07. The number of hydrogen-bond acceptors (Lipinski definition) is 4. The summed E-state index contributed by atoms with van der Waals surface area (Å²) in [6.45, 7) is 4.12. The van der Waals surface area contributed by atoms with Gasteiger partial charge in [0.25, 0.3) is 0 Å². The van der Waals surface area contributed by atoms with E-state index in [1.165, 1.54) is 0 Å². The Hall–Kier alpha value is -1.20. The second-order valence-electron chi connectivity index (χ2n) is 4.63. The molecule has 0 aromatic heterocycles.